The molecule has 0 amide bonds. The maximum atomic E-state index is 13.1. The van der Waals surface area contributed by atoms with Gasteiger partial charge in [-0.25, -0.2) is 4.68 Å². The highest BCUT2D eigenvalue weighted by Crippen LogP contribution is 2.61. The lowest BCUT2D eigenvalue weighted by atomic mass is 9.48. The minimum atomic E-state index is -0.803. The lowest BCUT2D eigenvalue weighted by Crippen LogP contribution is -2.63. The second kappa shape index (κ2) is 6.80. The molecule has 1 aromatic rings. The smallest absolute Gasteiger partial charge is 0.309 e. The highest BCUT2D eigenvalue weighted by atomic mass is 35.5. The summed E-state index contributed by atoms with van der Waals surface area (Å²) in [7, 11) is 0. The normalized spacial score (nSPS) is 34.2. The summed E-state index contributed by atoms with van der Waals surface area (Å²) >= 11 is 6.40. The second-order valence-corrected chi connectivity index (χ2v) is 9.60. The molecule has 3 atom stereocenters. The number of hydrogen-bond donors (Lipinski definition) is 2. The number of nitrogens with zero attached hydrogens (tertiary/aromatic N) is 2. The van der Waals surface area contributed by atoms with E-state index < -0.39 is 17.4 Å². The maximum absolute atomic E-state index is 13.1. The van der Waals surface area contributed by atoms with Gasteiger partial charge in [0.1, 0.15) is 5.02 Å². The lowest BCUT2D eigenvalue weighted by Gasteiger charge is -2.59. The molecule has 4 aliphatic carbocycles. The number of carboxylic acids is 1. The van der Waals surface area contributed by atoms with Gasteiger partial charge in [0.25, 0.3) is 5.56 Å². The number of carbonyl (C=O) groups is 1. The Bertz CT molecular complexity index is 792. The van der Waals surface area contributed by atoms with Crippen molar-refractivity contribution in [2.24, 2.45) is 29.6 Å². The fourth-order valence-electron chi connectivity index (χ4n) is 6.10. The minimum Gasteiger partial charge on any atom is -0.481 e. The molecule has 6 nitrogen and oxygen atoms in total. The van der Waals surface area contributed by atoms with Gasteiger partial charge >= 0.3 is 5.97 Å². The molecule has 4 fully saturated rings. The average Bonchev–Trinajstić information content (AvgIpc) is 2.57. The van der Waals surface area contributed by atoms with Gasteiger partial charge in [-0.05, 0) is 62.2 Å². The molecule has 0 aliphatic heterocycles. The van der Waals surface area contributed by atoms with Crippen LogP contribution in [-0.2, 0) is 10.3 Å². The van der Waals surface area contributed by atoms with Crippen molar-refractivity contribution in [2.75, 3.05) is 11.9 Å². The SMILES string of the molecule is CC(C)CCNc1cnn(C23CC4CC(CC(C4)C2C(=O)O)C3)c(=O)c1Cl. The number of halogens is 1. The van der Waals surface area contributed by atoms with Crippen LogP contribution >= 0.6 is 11.6 Å². The zero-order valence-corrected chi connectivity index (χ0v) is 16.7. The van der Waals surface area contributed by atoms with Crippen LogP contribution in [0.15, 0.2) is 11.0 Å². The summed E-state index contributed by atoms with van der Waals surface area (Å²) in [6.07, 6.45) is 7.10. The summed E-state index contributed by atoms with van der Waals surface area (Å²) in [5.74, 6) is 0.330. The van der Waals surface area contributed by atoms with E-state index in [0.717, 1.165) is 45.1 Å². The summed E-state index contributed by atoms with van der Waals surface area (Å²) in [5, 5.41) is 17.7. The van der Waals surface area contributed by atoms with E-state index in [4.69, 9.17) is 11.6 Å². The molecule has 7 heteroatoms. The van der Waals surface area contributed by atoms with Crippen LogP contribution in [0.4, 0.5) is 5.69 Å². The quantitative estimate of drug-likeness (QED) is 0.771. The molecule has 0 spiro atoms. The standard InChI is InChI=1S/C20H28ClN3O3/c1-11(2)3-4-22-15-10-23-24(18(25)17(15)21)20-8-12-5-13(9-20)7-14(6-12)16(20)19(26)27/h10-14,16,22H,3-9H2,1-2H3,(H,26,27). The molecule has 0 radical (unpaired) electrons. The van der Waals surface area contributed by atoms with E-state index in [-0.39, 0.29) is 16.5 Å². The van der Waals surface area contributed by atoms with Gasteiger partial charge in [-0.15, -0.1) is 0 Å². The molecular formula is C20H28ClN3O3. The average molecular weight is 394 g/mol. The van der Waals surface area contributed by atoms with Gasteiger partial charge < -0.3 is 10.4 Å². The van der Waals surface area contributed by atoms with E-state index in [1.165, 1.54) is 4.68 Å². The molecule has 4 aliphatic rings. The third-order valence-electron chi connectivity index (χ3n) is 6.92. The Morgan fingerprint density at radius 1 is 1.37 bits per heavy atom. The summed E-state index contributed by atoms with van der Waals surface area (Å²) in [6, 6.07) is 0. The Morgan fingerprint density at radius 2 is 2.04 bits per heavy atom. The number of carboxylic acid groups (broad SMARTS) is 1. The van der Waals surface area contributed by atoms with Crippen LogP contribution in [0, 0.1) is 29.6 Å². The molecule has 3 unspecified atom stereocenters. The van der Waals surface area contributed by atoms with Crippen LogP contribution in [0.3, 0.4) is 0 Å². The van der Waals surface area contributed by atoms with E-state index in [0.29, 0.717) is 23.4 Å². The first-order valence-corrected chi connectivity index (χ1v) is 10.4. The fraction of sp³-hybridized carbons (Fsp3) is 0.750. The van der Waals surface area contributed by atoms with Crippen LogP contribution < -0.4 is 10.9 Å². The fourth-order valence-corrected chi connectivity index (χ4v) is 6.30. The minimum absolute atomic E-state index is 0.119. The van der Waals surface area contributed by atoms with E-state index in [1.54, 1.807) is 6.20 Å². The zero-order chi connectivity index (χ0) is 19.3. The Hall–Kier alpha value is -1.56. The van der Waals surface area contributed by atoms with Crippen molar-refractivity contribution in [3.8, 4) is 0 Å². The van der Waals surface area contributed by atoms with E-state index in [9.17, 15) is 14.7 Å². The van der Waals surface area contributed by atoms with Crippen molar-refractivity contribution < 1.29 is 9.90 Å². The Kier molecular flexibility index (Phi) is 4.73. The van der Waals surface area contributed by atoms with Crippen molar-refractivity contribution in [3.63, 3.8) is 0 Å². The number of nitrogens with one attached hydrogen (secondary N) is 1. The molecule has 5 rings (SSSR count). The molecule has 4 bridgehead atoms. The molecule has 2 N–H and O–H groups in total. The second-order valence-electron chi connectivity index (χ2n) is 9.23. The Morgan fingerprint density at radius 3 is 2.63 bits per heavy atom. The van der Waals surface area contributed by atoms with Gasteiger partial charge in [0.05, 0.1) is 23.3 Å². The zero-order valence-electron chi connectivity index (χ0n) is 15.9. The van der Waals surface area contributed by atoms with E-state index >= 15 is 0 Å². The van der Waals surface area contributed by atoms with Crippen LogP contribution in [0.25, 0.3) is 0 Å². The molecule has 1 heterocycles. The van der Waals surface area contributed by atoms with Gasteiger partial charge in [-0.3, -0.25) is 9.59 Å². The summed E-state index contributed by atoms with van der Waals surface area (Å²) in [4.78, 5) is 25.3. The lowest BCUT2D eigenvalue weighted by molar-refractivity contribution is -0.168. The molecule has 4 saturated carbocycles. The highest BCUT2D eigenvalue weighted by molar-refractivity contribution is 6.32. The topological polar surface area (TPSA) is 84.2 Å². The van der Waals surface area contributed by atoms with Crippen LogP contribution in [0.5, 0.6) is 0 Å². The van der Waals surface area contributed by atoms with Crippen molar-refractivity contribution in [1.29, 1.82) is 0 Å². The first-order chi connectivity index (χ1) is 12.8. The summed E-state index contributed by atoms with van der Waals surface area (Å²) in [5.41, 5.74) is -0.549. The van der Waals surface area contributed by atoms with Crippen LogP contribution in [0.1, 0.15) is 52.4 Å². The third kappa shape index (κ3) is 3.06. The number of aliphatic carboxylic acids is 1. The summed E-state index contributed by atoms with van der Waals surface area (Å²) in [6.45, 7) is 4.99. The van der Waals surface area contributed by atoms with Gasteiger partial charge in [-0.2, -0.15) is 5.10 Å². The predicted octanol–water partition coefficient (Wildman–Crippen LogP) is 3.59. The van der Waals surface area contributed by atoms with Crippen molar-refractivity contribution in [3.05, 3.63) is 21.6 Å². The monoisotopic (exact) mass is 393 g/mol. The van der Waals surface area contributed by atoms with Gasteiger partial charge in [0.2, 0.25) is 0 Å². The number of anilines is 1. The first-order valence-electron chi connectivity index (χ1n) is 10.1. The molecule has 148 valence electrons. The number of aromatic nitrogens is 2. The van der Waals surface area contributed by atoms with Crippen LogP contribution in [-0.4, -0.2) is 27.4 Å². The number of hydrogen-bond acceptors (Lipinski definition) is 4. The van der Waals surface area contributed by atoms with E-state index in [1.807, 2.05) is 0 Å². The summed E-state index contributed by atoms with van der Waals surface area (Å²) < 4.78 is 1.44. The molecule has 0 saturated heterocycles. The molecule has 0 aromatic carbocycles. The van der Waals surface area contributed by atoms with Gasteiger partial charge in [-0.1, -0.05) is 25.4 Å². The van der Waals surface area contributed by atoms with Crippen molar-refractivity contribution >= 4 is 23.3 Å². The first kappa shape index (κ1) is 18.8. The van der Waals surface area contributed by atoms with Gasteiger partial charge in [0, 0.05) is 6.54 Å². The number of rotatable bonds is 6. The van der Waals surface area contributed by atoms with Crippen molar-refractivity contribution in [2.45, 2.75) is 57.9 Å². The van der Waals surface area contributed by atoms with E-state index in [2.05, 4.69) is 24.3 Å². The highest BCUT2D eigenvalue weighted by Gasteiger charge is 2.61. The third-order valence-corrected chi connectivity index (χ3v) is 7.28. The van der Waals surface area contributed by atoms with Crippen LogP contribution in [0.2, 0.25) is 5.02 Å². The molecule has 1 aromatic heterocycles. The Balaban J connectivity index is 1.70. The Labute approximate surface area is 164 Å². The van der Waals surface area contributed by atoms with Gasteiger partial charge in [0.15, 0.2) is 0 Å². The van der Waals surface area contributed by atoms with Crippen molar-refractivity contribution in [1.82, 2.24) is 9.78 Å². The molecular weight excluding hydrogens is 366 g/mol. The largest absolute Gasteiger partial charge is 0.481 e. The molecule has 27 heavy (non-hydrogen) atoms. The maximum Gasteiger partial charge on any atom is 0.309 e. The predicted molar refractivity (Wildman–Crippen MR) is 104 cm³/mol.